The van der Waals surface area contributed by atoms with Crippen LogP contribution in [0.15, 0.2) is 63.9 Å². The van der Waals surface area contributed by atoms with Crippen molar-refractivity contribution < 1.29 is 22.7 Å². The molecule has 1 atom stereocenters. The minimum absolute atomic E-state index is 0.0830. The zero-order valence-corrected chi connectivity index (χ0v) is 20.2. The lowest BCUT2D eigenvalue weighted by Crippen LogP contribution is -2.26. The van der Waals surface area contributed by atoms with Crippen molar-refractivity contribution in [2.24, 2.45) is 11.3 Å². The van der Waals surface area contributed by atoms with Crippen molar-refractivity contribution in [3.63, 3.8) is 0 Å². The molecule has 3 aromatic carbocycles. The van der Waals surface area contributed by atoms with Crippen molar-refractivity contribution in [2.75, 3.05) is 4.72 Å². The van der Waals surface area contributed by atoms with Gasteiger partial charge >= 0.3 is 5.97 Å². The largest absolute Gasteiger partial charge is 0.478 e. The number of anilines is 1. The van der Waals surface area contributed by atoms with Crippen LogP contribution in [0, 0.1) is 11.3 Å². The first-order valence-electron chi connectivity index (χ1n) is 11.4. The third-order valence-electron chi connectivity index (χ3n) is 6.91. The number of aryl methyl sites for hydroxylation is 1. The Bertz CT molecular complexity index is 1540. The highest BCUT2D eigenvalue weighted by atomic mass is 32.2. The molecule has 5 rings (SSSR count). The number of hydrogen-bond acceptors (Lipinski definition) is 4. The molecule has 0 saturated heterocycles. The van der Waals surface area contributed by atoms with Crippen molar-refractivity contribution in [3.8, 4) is 0 Å². The van der Waals surface area contributed by atoms with Gasteiger partial charge in [-0.3, -0.25) is 4.72 Å². The number of aromatic carboxylic acids is 1. The molecule has 0 aliphatic heterocycles. The smallest absolute Gasteiger partial charge is 0.335 e. The zero-order chi connectivity index (χ0) is 24.3. The third-order valence-corrected chi connectivity index (χ3v) is 8.28. The van der Waals surface area contributed by atoms with Gasteiger partial charge in [0.1, 0.15) is 11.3 Å². The SMILES string of the molecule is CC(C)(C)[C@@H]1CCc2oc3c(cc(NS(=O)(=O)c4cccc(C(=O)O)c4)c4ccccc43)c2C1. The zero-order valence-electron chi connectivity index (χ0n) is 19.4. The monoisotopic (exact) mass is 477 g/mol. The Labute approximate surface area is 198 Å². The number of carbonyl (C=O) groups is 1. The Kier molecular flexibility index (Phi) is 5.20. The van der Waals surface area contributed by atoms with Gasteiger partial charge in [0.15, 0.2) is 0 Å². The fourth-order valence-corrected chi connectivity index (χ4v) is 6.04. The van der Waals surface area contributed by atoms with Crippen molar-refractivity contribution in [1.29, 1.82) is 0 Å². The molecule has 34 heavy (non-hydrogen) atoms. The summed E-state index contributed by atoms with van der Waals surface area (Å²) < 4.78 is 35.5. The molecule has 0 bridgehead atoms. The first-order chi connectivity index (χ1) is 16.0. The van der Waals surface area contributed by atoms with E-state index in [9.17, 15) is 18.3 Å². The van der Waals surface area contributed by atoms with Crippen LogP contribution in [-0.4, -0.2) is 19.5 Å². The lowest BCUT2D eigenvalue weighted by molar-refractivity contribution is 0.0696. The van der Waals surface area contributed by atoms with Gasteiger partial charge in [0, 0.05) is 28.1 Å². The van der Waals surface area contributed by atoms with E-state index in [-0.39, 0.29) is 15.9 Å². The van der Waals surface area contributed by atoms with E-state index < -0.39 is 16.0 Å². The standard InChI is InChI=1S/C27H27NO5S/c1-27(2,3)17-11-12-24-21(14-17)22-15-23(19-9-4-5-10-20(19)25(22)33-24)28-34(31,32)18-8-6-7-16(13-18)26(29)30/h4-10,13,15,17,28H,11-12,14H2,1-3H3,(H,29,30)/t17-/m1/s1. The number of carboxylic acids is 1. The van der Waals surface area contributed by atoms with Gasteiger partial charge in [-0.1, -0.05) is 51.1 Å². The van der Waals surface area contributed by atoms with Gasteiger partial charge < -0.3 is 9.52 Å². The first kappa shape index (κ1) is 22.5. The van der Waals surface area contributed by atoms with E-state index in [1.807, 2.05) is 30.3 Å². The fraction of sp³-hybridized carbons (Fsp3) is 0.296. The minimum Gasteiger partial charge on any atom is -0.478 e. The molecule has 0 radical (unpaired) electrons. The van der Waals surface area contributed by atoms with Crippen molar-refractivity contribution in [2.45, 2.75) is 44.9 Å². The Hall–Kier alpha value is -3.32. The van der Waals surface area contributed by atoms with E-state index in [2.05, 4.69) is 25.5 Å². The molecule has 1 aliphatic carbocycles. The van der Waals surface area contributed by atoms with Crippen molar-refractivity contribution in [1.82, 2.24) is 0 Å². The summed E-state index contributed by atoms with van der Waals surface area (Å²) >= 11 is 0. The van der Waals surface area contributed by atoms with Gasteiger partial charge in [0.2, 0.25) is 0 Å². The molecule has 6 nitrogen and oxygen atoms in total. The molecule has 0 saturated carbocycles. The summed E-state index contributed by atoms with van der Waals surface area (Å²) in [5.41, 5.74) is 2.47. The van der Waals surface area contributed by atoms with Crippen molar-refractivity contribution in [3.05, 3.63) is 71.5 Å². The van der Waals surface area contributed by atoms with Crippen LogP contribution in [0.5, 0.6) is 0 Å². The number of benzene rings is 3. The van der Waals surface area contributed by atoms with Gasteiger partial charge in [-0.2, -0.15) is 0 Å². The van der Waals surface area contributed by atoms with E-state index in [4.69, 9.17) is 4.42 Å². The van der Waals surface area contributed by atoms with Crippen LogP contribution < -0.4 is 4.72 Å². The van der Waals surface area contributed by atoms with Crippen LogP contribution in [0.3, 0.4) is 0 Å². The van der Waals surface area contributed by atoms with E-state index in [1.54, 1.807) is 0 Å². The highest BCUT2D eigenvalue weighted by Crippen LogP contribution is 2.44. The van der Waals surface area contributed by atoms with Crippen LogP contribution in [0.2, 0.25) is 0 Å². The van der Waals surface area contributed by atoms with E-state index in [0.717, 1.165) is 52.3 Å². The Morgan fingerprint density at radius 3 is 2.47 bits per heavy atom. The fourth-order valence-electron chi connectivity index (χ4n) is 4.92. The van der Waals surface area contributed by atoms with Crippen LogP contribution in [0.1, 0.15) is 48.9 Å². The second-order valence-electron chi connectivity index (χ2n) is 10.1. The van der Waals surface area contributed by atoms with E-state index in [0.29, 0.717) is 11.6 Å². The number of fused-ring (bicyclic) bond motifs is 5. The molecule has 1 aromatic heterocycles. The molecule has 1 aliphatic rings. The van der Waals surface area contributed by atoms with Crippen LogP contribution in [0.25, 0.3) is 21.7 Å². The first-order valence-corrected chi connectivity index (χ1v) is 12.8. The number of rotatable bonds is 4. The normalized spacial score (nSPS) is 16.5. The van der Waals surface area contributed by atoms with Gasteiger partial charge in [0.05, 0.1) is 16.1 Å². The van der Waals surface area contributed by atoms with Gasteiger partial charge in [-0.25, -0.2) is 13.2 Å². The molecule has 4 aromatic rings. The summed E-state index contributed by atoms with van der Waals surface area (Å²) in [7, 11) is -4.01. The number of carboxylic acid groups (broad SMARTS) is 1. The Morgan fingerprint density at radius 2 is 1.76 bits per heavy atom. The number of hydrogen-bond donors (Lipinski definition) is 2. The minimum atomic E-state index is -4.01. The molecular weight excluding hydrogens is 450 g/mol. The molecule has 0 spiro atoms. The second-order valence-corrected chi connectivity index (χ2v) is 11.8. The van der Waals surface area contributed by atoms with Crippen LogP contribution >= 0.6 is 0 Å². The molecule has 0 fully saturated rings. The quantitative estimate of drug-likeness (QED) is 0.363. The van der Waals surface area contributed by atoms with Gasteiger partial charge in [-0.05, 0) is 48.4 Å². The van der Waals surface area contributed by atoms with Crippen LogP contribution in [-0.2, 0) is 22.9 Å². The average Bonchev–Trinajstić information content (AvgIpc) is 3.16. The number of sulfonamides is 1. The van der Waals surface area contributed by atoms with E-state index in [1.165, 1.54) is 24.3 Å². The number of nitrogens with one attached hydrogen (secondary N) is 1. The topological polar surface area (TPSA) is 96.6 Å². The summed E-state index contributed by atoms with van der Waals surface area (Å²) in [5, 5.41) is 11.8. The van der Waals surface area contributed by atoms with Gasteiger partial charge in [-0.15, -0.1) is 0 Å². The van der Waals surface area contributed by atoms with Crippen LogP contribution in [0.4, 0.5) is 5.69 Å². The molecular formula is C27H27NO5S. The average molecular weight is 478 g/mol. The molecule has 0 amide bonds. The second kappa shape index (κ2) is 7.87. The maximum Gasteiger partial charge on any atom is 0.335 e. The lowest BCUT2D eigenvalue weighted by Gasteiger charge is -2.33. The highest BCUT2D eigenvalue weighted by molar-refractivity contribution is 7.92. The summed E-state index contributed by atoms with van der Waals surface area (Å²) in [5.74, 6) is 0.309. The summed E-state index contributed by atoms with van der Waals surface area (Å²) in [6.45, 7) is 6.77. The third kappa shape index (κ3) is 3.84. The summed E-state index contributed by atoms with van der Waals surface area (Å²) in [6, 6.07) is 14.8. The lowest BCUT2D eigenvalue weighted by atomic mass is 9.71. The predicted octanol–water partition coefficient (Wildman–Crippen LogP) is 6.24. The summed E-state index contributed by atoms with van der Waals surface area (Å²) in [6.07, 6.45) is 2.81. The molecule has 1 heterocycles. The maximum absolute atomic E-state index is 13.2. The number of furan rings is 1. The molecule has 0 unspecified atom stereocenters. The van der Waals surface area contributed by atoms with Crippen molar-refractivity contribution >= 4 is 43.4 Å². The maximum atomic E-state index is 13.2. The molecule has 7 heteroatoms. The molecule has 176 valence electrons. The van der Waals surface area contributed by atoms with E-state index >= 15 is 0 Å². The summed E-state index contributed by atoms with van der Waals surface area (Å²) in [4.78, 5) is 11.2. The highest BCUT2D eigenvalue weighted by Gasteiger charge is 2.32. The Balaban J connectivity index is 1.65. The molecule has 2 N–H and O–H groups in total. The van der Waals surface area contributed by atoms with Gasteiger partial charge in [0.25, 0.3) is 10.0 Å². The Morgan fingerprint density at radius 1 is 1.03 bits per heavy atom. The predicted molar refractivity (Wildman–Crippen MR) is 133 cm³/mol.